The largest absolute Gasteiger partial charge is 0.329 e. The maximum atomic E-state index is 6.18. The van der Waals surface area contributed by atoms with E-state index in [1.54, 1.807) is 0 Å². The summed E-state index contributed by atoms with van der Waals surface area (Å²) in [5.41, 5.74) is 8.40. The van der Waals surface area contributed by atoms with Gasteiger partial charge in [-0.15, -0.1) is 0 Å². The quantitative estimate of drug-likeness (QED) is 0.860. The van der Waals surface area contributed by atoms with Gasteiger partial charge in [-0.25, -0.2) is 4.98 Å². The first-order valence-electron chi connectivity index (χ1n) is 6.36. The third-order valence-electron chi connectivity index (χ3n) is 3.36. The first-order valence-corrected chi connectivity index (χ1v) is 6.36. The average Bonchev–Trinajstić information content (AvgIpc) is 2.72. The third kappa shape index (κ3) is 2.86. The molecule has 0 bridgehead atoms. The van der Waals surface area contributed by atoms with Crippen molar-refractivity contribution in [3.8, 4) is 0 Å². The smallest absolute Gasteiger partial charge is 0.0958 e. The van der Waals surface area contributed by atoms with Crippen molar-refractivity contribution >= 4 is 11.0 Å². The molecule has 2 N–H and O–H groups in total. The molecule has 3 heteroatoms. The van der Waals surface area contributed by atoms with Gasteiger partial charge in [0.1, 0.15) is 0 Å². The fourth-order valence-corrected chi connectivity index (χ4v) is 2.17. The molecule has 3 nitrogen and oxygen atoms in total. The molecule has 1 aromatic carbocycles. The second kappa shape index (κ2) is 5.32. The first-order chi connectivity index (χ1) is 8.20. The van der Waals surface area contributed by atoms with Crippen LogP contribution < -0.4 is 5.73 Å². The lowest BCUT2D eigenvalue weighted by atomic mass is 10.00. The Hall–Kier alpha value is -1.35. The summed E-state index contributed by atoms with van der Waals surface area (Å²) < 4.78 is 2.16. The van der Waals surface area contributed by atoms with Crippen LogP contribution >= 0.6 is 0 Å². The Labute approximate surface area is 103 Å². The summed E-state index contributed by atoms with van der Waals surface area (Å²) in [6, 6.07) is 8.40. The molecule has 0 amide bonds. The van der Waals surface area contributed by atoms with Crippen LogP contribution in [0.25, 0.3) is 11.0 Å². The zero-order valence-corrected chi connectivity index (χ0v) is 10.6. The second-order valence-corrected chi connectivity index (χ2v) is 4.89. The third-order valence-corrected chi connectivity index (χ3v) is 3.36. The van der Waals surface area contributed by atoms with Crippen molar-refractivity contribution in [2.45, 2.75) is 39.3 Å². The molecular formula is C14H21N3. The van der Waals surface area contributed by atoms with Gasteiger partial charge in [0.25, 0.3) is 0 Å². The predicted molar refractivity (Wildman–Crippen MR) is 71.8 cm³/mol. The van der Waals surface area contributed by atoms with Gasteiger partial charge in [0.2, 0.25) is 0 Å². The first kappa shape index (κ1) is 12.1. The minimum absolute atomic E-state index is 0.211. The predicted octanol–water partition coefficient (Wildman–Crippen LogP) is 2.80. The number of aromatic nitrogens is 2. The number of nitrogens with two attached hydrogens (primary N) is 1. The summed E-state index contributed by atoms with van der Waals surface area (Å²) in [7, 11) is 0. The van der Waals surface area contributed by atoms with Gasteiger partial charge in [-0.3, -0.25) is 0 Å². The van der Waals surface area contributed by atoms with Crippen LogP contribution in [0.15, 0.2) is 30.6 Å². The topological polar surface area (TPSA) is 43.8 Å². The summed E-state index contributed by atoms with van der Waals surface area (Å²) in [5.74, 6) is 0.694. The molecule has 0 saturated heterocycles. The molecular weight excluding hydrogens is 210 g/mol. The van der Waals surface area contributed by atoms with E-state index in [2.05, 4.69) is 29.5 Å². The maximum Gasteiger partial charge on any atom is 0.0958 e. The number of nitrogens with zero attached hydrogens (tertiary/aromatic N) is 2. The Balaban J connectivity index is 2.08. The molecule has 0 aliphatic rings. The summed E-state index contributed by atoms with van der Waals surface area (Å²) in [6.45, 7) is 5.32. The molecule has 0 spiro atoms. The number of hydrogen-bond acceptors (Lipinski definition) is 2. The van der Waals surface area contributed by atoms with E-state index in [-0.39, 0.29) is 6.04 Å². The van der Waals surface area contributed by atoms with Crippen molar-refractivity contribution in [2.75, 3.05) is 0 Å². The normalized spacial score (nSPS) is 15.0. The van der Waals surface area contributed by atoms with Crippen LogP contribution in [0.2, 0.25) is 0 Å². The zero-order chi connectivity index (χ0) is 12.3. The van der Waals surface area contributed by atoms with E-state index in [0.29, 0.717) is 5.92 Å². The van der Waals surface area contributed by atoms with Crippen LogP contribution in [0.3, 0.4) is 0 Å². The summed E-state index contributed by atoms with van der Waals surface area (Å²) in [5, 5.41) is 0. The van der Waals surface area contributed by atoms with E-state index in [4.69, 9.17) is 5.73 Å². The summed E-state index contributed by atoms with van der Waals surface area (Å²) in [6.07, 6.45) is 4.16. The van der Waals surface area contributed by atoms with Gasteiger partial charge in [-0.1, -0.05) is 32.4 Å². The Bertz CT molecular complexity index is 475. The van der Waals surface area contributed by atoms with Crippen molar-refractivity contribution in [3.63, 3.8) is 0 Å². The Morgan fingerprint density at radius 3 is 2.88 bits per heavy atom. The minimum Gasteiger partial charge on any atom is -0.329 e. The highest BCUT2D eigenvalue weighted by Gasteiger charge is 2.10. The fraction of sp³-hybridized carbons (Fsp3) is 0.500. The number of hydrogen-bond donors (Lipinski definition) is 1. The Morgan fingerprint density at radius 1 is 1.35 bits per heavy atom. The number of fused-ring (bicyclic) bond motifs is 1. The van der Waals surface area contributed by atoms with Crippen LogP contribution in [0.5, 0.6) is 0 Å². The van der Waals surface area contributed by atoms with E-state index in [0.717, 1.165) is 18.5 Å². The van der Waals surface area contributed by atoms with Gasteiger partial charge in [-0.2, -0.15) is 0 Å². The van der Waals surface area contributed by atoms with E-state index in [1.165, 1.54) is 11.9 Å². The standard InChI is InChI=1S/C14H21N3/c1-3-11(2)8-12(15)9-17-10-16-13-6-4-5-7-14(13)17/h4-7,10-12H,3,8-9,15H2,1-2H3. The van der Waals surface area contributed by atoms with E-state index in [9.17, 15) is 0 Å². The van der Waals surface area contributed by atoms with Gasteiger partial charge in [0, 0.05) is 12.6 Å². The summed E-state index contributed by atoms with van der Waals surface area (Å²) >= 11 is 0. The molecule has 0 fully saturated rings. The number of imidazole rings is 1. The highest BCUT2D eigenvalue weighted by molar-refractivity contribution is 5.74. The van der Waals surface area contributed by atoms with Gasteiger partial charge in [0.15, 0.2) is 0 Å². The molecule has 1 heterocycles. The molecule has 2 unspecified atom stereocenters. The van der Waals surface area contributed by atoms with Crippen LogP contribution in [0, 0.1) is 5.92 Å². The maximum absolute atomic E-state index is 6.18. The zero-order valence-electron chi connectivity index (χ0n) is 10.6. The van der Waals surface area contributed by atoms with Gasteiger partial charge in [-0.05, 0) is 24.5 Å². The number of para-hydroxylation sites is 2. The molecule has 0 saturated carbocycles. The molecule has 0 aliphatic carbocycles. The SMILES string of the molecule is CCC(C)CC(N)Cn1cnc2ccccc21. The van der Waals surface area contributed by atoms with Crippen molar-refractivity contribution < 1.29 is 0 Å². The molecule has 2 rings (SSSR count). The van der Waals surface area contributed by atoms with E-state index >= 15 is 0 Å². The molecule has 2 atom stereocenters. The minimum atomic E-state index is 0.211. The average molecular weight is 231 g/mol. The van der Waals surface area contributed by atoms with Crippen molar-refractivity contribution in [2.24, 2.45) is 11.7 Å². The Morgan fingerprint density at radius 2 is 2.12 bits per heavy atom. The van der Waals surface area contributed by atoms with Crippen molar-refractivity contribution in [1.29, 1.82) is 0 Å². The monoisotopic (exact) mass is 231 g/mol. The van der Waals surface area contributed by atoms with Crippen LogP contribution in [0.1, 0.15) is 26.7 Å². The number of benzene rings is 1. The molecule has 17 heavy (non-hydrogen) atoms. The molecule has 2 aromatic rings. The fourth-order valence-electron chi connectivity index (χ4n) is 2.17. The van der Waals surface area contributed by atoms with Crippen LogP contribution in [-0.4, -0.2) is 15.6 Å². The lowest BCUT2D eigenvalue weighted by Crippen LogP contribution is -2.27. The lowest BCUT2D eigenvalue weighted by Gasteiger charge is -2.16. The highest BCUT2D eigenvalue weighted by atomic mass is 15.1. The van der Waals surface area contributed by atoms with Crippen molar-refractivity contribution in [3.05, 3.63) is 30.6 Å². The second-order valence-electron chi connectivity index (χ2n) is 4.89. The molecule has 0 aliphatic heterocycles. The lowest BCUT2D eigenvalue weighted by molar-refractivity contribution is 0.420. The summed E-state index contributed by atoms with van der Waals surface area (Å²) in [4.78, 5) is 4.38. The molecule has 0 radical (unpaired) electrons. The van der Waals surface area contributed by atoms with E-state index < -0.39 is 0 Å². The van der Waals surface area contributed by atoms with Gasteiger partial charge >= 0.3 is 0 Å². The van der Waals surface area contributed by atoms with Gasteiger partial charge in [0.05, 0.1) is 17.4 Å². The Kier molecular flexibility index (Phi) is 3.79. The van der Waals surface area contributed by atoms with Gasteiger partial charge < -0.3 is 10.3 Å². The van der Waals surface area contributed by atoms with Crippen molar-refractivity contribution in [1.82, 2.24) is 9.55 Å². The molecule has 92 valence electrons. The highest BCUT2D eigenvalue weighted by Crippen LogP contribution is 2.14. The van der Waals surface area contributed by atoms with Crippen LogP contribution in [0.4, 0.5) is 0 Å². The molecule has 1 aromatic heterocycles. The van der Waals surface area contributed by atoms with Crippen LogP contribution in [-0.2, 0) is 6.54 Å². The number of rotatable bonds is 5. The van der Waals surface area contributed by atoms with E-state index in [1.807, 2.05) is 24.5 Å².